The molecule has 1 fully saturated rings. The fourth-order valence-electron chi connectivity index (χ4n) is 1.79. The monoisotopic (exact) mass is 188 g/mol. The normalized spacial score (nSPS) is 30.0. The van der Waals surface area contributed by atoms with Crippen LogP contribution in [-0.2, 0) is 0 Å². The first-order chi connectivity index (χ1) is 5.75. The first-order valence-electron chi connectivity index (χ1n) is 4.74. The van der Waals surface area contributed by atoms with E-state index in [1.165, 1.54) is 30.9 Å². The Kier molecular flexibility index (Phi) is 3.87. The van der Waals surface area contributed by atoms with Crippen LogP contribution in [0.1, 0.15) is 19.8 Å². The molecule has 0 radical (unpaired) electrons. The van der Waals surface area contributed by atoms with Gasteiger partial charge in [-0.1, -0.05) is 6.92 Å². The summed E-state index contributed by atoms with van der Waals surface area (Å²) in [6, 6.07) is 0. The van der Waals surface area contributed by atoms with Crippen molar-refractivity contribution in [2.24, 2.45) is 5.73 Å². The minimum atomic E-state index is 0.320. The average Bonchev–Trinajstić information content (AvgIpc) is 2.54. The molecule has 72 valence electrons. The molecular formula is C9H20N2S. The zero-order valence-corrected chi connectivity index (χ0v) is 8.99. The minimum Gasteiger partial charge on any atom is -0.329 e. The van der Waals surface area contributed by atoms with Crippen molar-refractivity contribution in [1.29, 1.82) is 0 Å². The van der Waals surface area contributed by atoms with Crippen molar-refractivity contribution in [2.45, 2.75) is 25.3 Å². The van der Waals surface area contributed by atoms with Crippen molar-refractivity contribution in [3.63, 3.8) is 0 Å². The number of hydrogen-bond acceptors (Lipinski definition) is 3. The summed E-state index contributed by atoms with van der Waals surface area (Å²) in [6.07, 6.45) is 2.49. The van der Waals surface area contributed by atoms with E-state index in [0.717, 1.165) is 6.54 Å². The van der Waals surface area contributed by atoms with Crippen molar-refractivity contribution >= 4 is 11.8 Å². The Labute approximate surface area is 79.9 Å². The van der Waals surface area contributed by atoms with Gasteiger partial charge in [0.2, 0.25) is 0 Å². The summed E-state index contributed by atoms with van der Waals surface area (Å²) in [4.78, 5) is 2.45. The Morgan fingerprint density at radius 2 is 2.33 bits per heavy atom. The third-order valence-electron chi connectivity index (χ3n) is 2.83. The maximum atomic E-state index is 5.84. The number of likely N-dealkylation sites (N-methyl/N-ethyl adjacent to an activating group) is 1. The summed E-state index contributed by atoms with van der Waals surface area (Å²) in [5.74, 6) is 2.51. The maximum Gasteiger partial charge on any atom is 0.0426 e. The number of rotatable bonds is 4. The van der Waals surface area contributed by atoms with Gasteiger partial charge < -0.3 is 5.73 Å². The van der Waals surface area contributed by atoms with E-state index in [-0.39, 0.29) is 0 Å². The van der Waals surface area contributed by atoms with Crippen LogP contribution in [-0.4, -0.2) is 42.1 Å². The van der Waals surface area contributed by atoms with Crippen molar-refractivity contribution < 1.29 is 0 Å². The molecular weight excluding hydrogens is 168 g/mol. The highest BCUT2D eigenvalue weighted by Gasteiger charge is 2.36. The highest BCUT2D eigenvalue weighted by molar-refractivity contribution is 7.99. The van der Waals surface area contributed by atoms with E-state index < -0.39 is 0 Å². The molecule has 1 aliphatic heterocycles. The number of nitrogens with zero attached hydrogens (tertiary/aromatic N) is 1. The van der Waals surface area contributed by atoms with Crippen LogP contribution >= 0.6 is 11.8 Å². The second-order valence-corrected chi connectivity index (χ2v) is 4.76. The van der Waals surface area contributed by atoms with Gasteiger partial charge in [0.15, 0.2) is 0 Å². The number of hydrogen-bond donors (Lipinski definition) is 1. The van der Waals surface area contributed by atoms with Gasteiger partial charge >= 0.3 is 0 Å². The lowest BCUT2D eigenvalue weighted by molar-refractivity contribution is 0.152. The SMILES string of the molecule is CCCN(C)C1(CN)CCSC1. The Morgan fingerprint density at radius 3 is 2.75 bits per heavy atom. The third kappa shape index (κ3) is 1.95. The zero-order valence-electron chi connectivity index (χ0n) is 8.18. The van der Waals surface area contributed by atoms with Crippen LogP contribution in [0.25, 0.3) is 0 Å². The van der Waals surface area contributed by atoms with Gasteiger partial charge in [-0.05, 0) is 32.2 Å². The molecule has 1 unspecified atom stereocenters. The van der Waals surface area contributed by atoms with Crippen LogP contribution in [0.2, 0.25) is 0 Å². The Morgan fingerprint density at radius 1 is 1.58 bits per heavy atom. The maximum absolute atomic E-state index is 5.84. The summed E-state index contributed by atoms with van der Waals surface area (Å²) in [5, 5.41) is 0. The van der Waals surface area contributed by atoms with Crippen molar-refractivity contribution in [3.05, 3.63) is 0 Å². The summed E-state index contributed by atoms with van der Waals surface area (Å²) < 4.78 is 0. The first kappa shape index (κ1) is 10.4. The molecule has 3 heteroatoms. The standard InChI is InChI=1S/C9H20N2S/c1-3-5-11(2)9(7-10)4-6-12-8-9/h3-8,10H2,1-2H3. The molecule has 1 aliphatic rings. The Balaban J connectivity index is 2.52. The lowest BCUT2D eigenvalue weighted by atomic mass is 9.97. The summed E-state index contributed by atoms with van der Waals surface area (Å²) in [7, 11) is 2.21. The van der Waals surface area contributed by atoms with Gasteiger partial charge in [0, 0.05) is 17.8 Å². The summed E-state index contributed by atoms with van der Waals surface area (Å²) in [6.45, 7) is 4.22. The number of nitrogens with two attached hydrogens (primary N) is 1. The van der Waals surface area contributed by atoms with Gasteiger partial charge in [-0.15, -0.1) is 0 Å². The fraction of sp³-hybridized carbons (Fsp3) is 1.00. The van der Waals surface area contributed by atoms with E-state index in [1.54, 1.807) is 0 Å². The summed E-state index contributed by atoms with van der Waals surface area (Å²) >= 11 is 2.04. The molecule has 1 rings (SSSR count). The average molecular weight is 188 g/mol. The van der Waals surface area contributed by atoms with E-state index in [2.05, 4.69) is 18.9 Å². The lowest BCUT2D eigenvalue weighted by Crippen LogP contribution is -2.52. The third-order valence-corrected chi connectivity index (χ3v) is 4.07. The van der Waals surface area contributed by atoms with E-state index in [1.807, 2.05) is 11.8 Å². The van der Waals surface area contributed by atoms with E-state index in [0.29, 0.717) is 5.54 Å². The summed E-state index contributed by atoms with van der Waals surface area (Å²) in [5.41, 5.74) is 6.17. The van der Waals surface area contributed by atoms with Crippen LogP contribution in [0.3, 0.4) is 0 Å². The van der Waals surface area contributed by atoms with Crippen molar-refractivity contribution in [3.8, 4) is 0 Å². The highest BCUT2D eigenvalue weighted by atomic mass is 32.2. The van der Waals surface area contributed by atoms with E-state index in [4.69, 9.17) is 5.73 Å². The lowest BCUT2D eigenvalue weighted by Gasteiger charge is -2.37. The molecule has 12 heavy (non-hydrogen) atoms. The van der Waals surface area contributed by atoms with Crippen LogP contribution in [0.15, 0.2) is 0 Å². The highest BCUT2D eigenvalue weighted by Crippen LogP contribution is 2.31. The van der Waals surface area contributed by atoms with E-state index in [9.17, 15) is 0 Å². The van der Waals surface area contributed by atoms with Crippen LogP contribution in [0, 0.1) is 0 Å². The molecule has 1 atom stereocenters. The minimum absolute atomic E-state index is 0.320. The predicted octanol–water partition coefficient (Wildman–Crippen LogP) is 1.16. The van der Waals surface area contributed by atoms with Crippen LogP contribution in [0.5, 0.6) is 0 Å². The molecule has 2 N–H and O–H groups in total. The van der Waals surface area contributed by atoms with Gasteiger partial charge in [0.25, 0.3) is 0 Å². The smallest absolute Gasteiger partial charge is 0.0426 e. The van der Waals surface area contributed by atoms with Gasteiger partial charge in [-0.2, -0.15) is 11.8 Å². The van der Waals surface area contributed by atoms with Gasteiger partial charge in [-0.25, -0.2) is 0 Å². The Hall–Kier alpha value is 0.270. The van der Waals surface area contributed by atoms with Crippen molar-refractivity contribution in [2.75, 3.05) is 31.6 Å². The molecule has 0 aromatic carbocycles. The molecule has 2 nitrogen and oxygen atoms in total. The van der Waals surface area contributed by atoms with Crippen LogP contribution < -0.4 is 5.73 Å². The first-order valence-corrected chi connectivity index (χ1v) is 5.90. The van der Waals surface area contributed by atoms with Gasteiger partial charge in [0.1, 0.15) is 0 Å². The quantitative estimate of drug-likeness (QED) is 0.718. The molecule has 0 saturated carbocycles. The van der Waals surface area contributed by atoms with Crippen LogP contribution in [0.4, 0.5) is 0 Å². The second-order valence-electron chi connectivity index (χ2n) is 3.65. The second kappa shape index (κ2) is 4.49. The van der Waals surface area contributed by atoms with Gasteiger partial charge in [0.05, 0.1) is 0 Å². The van der Waals surface area contributed by atoms with Gasteiger partial charge in [-0.3, -0.25) is 4.90 Å². The molecule has 0 aromatic rings. The fourth-order valence-corrected chi connectivity index (χ4v) is 3.32. The molecule has 1 heterocycles. The molecule has 0 bridgehead atoms. The molecule has 0 amide bonds. The van der Waals surface area contributed by atoms with Crippen molar-refractivity contribution in [1.82, 2.24) is 4.90 Å². The molecule has 0 aliphatic carbocycles. The topological polar surface area (TPSA) is 29.3 Å². The molecule has 1 saturated heterocycles. The number of thioether (sulfide) groups is 1. The van der Waals surface area contributed by atoms with E-state index >= 15 is 0 Å². The predicted molar refractivity (Wildman–Crippen MR) is 56.6 cm³/mol. The molecule has 0 spiro atoms. The largest absolute Gasteiger partial charge is 0.329 e. The Bertz CT molecular complexity index is 132. The zero-order chi connectivity index (χ0) is 9.03. The molecule has 0 aromatic heterocycles.